The maximum Gasteiger partial charge on any atom is 0.254 e. The molecule has 3 rings (SSSR count). The van der Waals surface area contributed by atoms with E-state index in [1.807, 2.05) is 0 Å². The van der Waals surface area contributed by atoms with Gasteiger partial charge < -0.3 is 9.80 Å². The molecule has 1 aliphatic rings. The number of nitrogens with one attached hydrogen (secondary N) is 1. The molecule has 26 heavy (non-hydrogen) atoms. The van der Waals surface area contributed by atoms with Crippen LogP contribution in [0.1, 0.15) is 41.3 Å². The fourth-order valence-electron chi connectivity index (χ4n) is 3.37. The third-order valence-electron chi connectivity index (χ3n) is 4.97. The summed E-state index contributed by atoms with van der Waals surface area (Å²) in [5.74, 6) is -1.22. The molecule has 3 nitrogen and oxygen atoms in total. The lowest BCUT2D eigenvalue weighted by Crippen LogP contribution is -3.13. The molecule has 0 atom stereocenters. The normalized spacial score (nSPS) is 15.5. The molecule has 0 aromatic heterocycles. The molecule has 0 aliphatic carbocycles. The average molecular weight is 359 g/mol. The molecule has 0 spiro atoms. The molecule has 1 amide bonds. The van der Waals surface area contributed by atoms with E-state index in [-0.39, 0.29) is 11.5 Å². The van der Waals surface area contributed by atoms with Gasteiger partial charge in [0.15, 0.2) is 0 Å². The Morgan fingerprint density at radius 3 is 2.15 bits per heavy atom. The minimum Gasteiger partial charge on any atom is -0.328 e. The van der Waals surface area contributed by atoms with E-state index in [4.69, 9.17) is 0 Å². The molecule has 0 radical (unpaired) electrons. The van der Waals surface area contributed by atoms with E-state index in [1.54, 1.807) is 4.90 Å². The summed E-state index contributed by atoms with van der Waals surface area (Å²) in [6.07, 6.45) is 0. The SMILES string of the molecule is CC(C)c1ccc(C[NH+]2CCN(C(=O)c3cc(F)cc(F)c3)CC2)cc1. The summed E-state index contributed by atoms with van der Waals surface area (Å²) >= 11 is 0. The number of piperazine rings is 1. The van der Waals surface area contributed by atoms with E-state index in [0.29, 0.717) is 19.0 Å². The number of carbonyl (C=O) groups excluding carboxylic acids is 1. The van der Waals surface area contributed by atoms with Gasteiger partial charge in [0.1, 0.15) is 18.2 Å². The third kappa shape index (κ3) is 4.47. The number of rotatable bonds is 4. The van der Waals surface area contributed by atoms with Crippen molar-refractivity contribution in [3.8, 4) is 0 Å². The molecule has 1 aliphatic heterocycles. The highest BCUT2D eigenvalue weighted by Gasteiger charge is 2.25. The zero-order chi connectivity index (χ0) is 18.7. The Hall–Kier alpha value is -2.27. The summed E-state index contributed by atoms with van der Waals surface area (Å²) in [5.41, 5.74) is 2.70. The Labute approximate surface area is 153 Å². The first-order valence-electron chi connectivity index (χ1n) is 9.10. The minimum atomic E-state index is -0.720. The van der Waals surface area contributed by atoms with Crippen LogP contribution in [-0.4, -0.2) is 37.0 Å². The van der Waals surface area contributed by atoms with E-state index in [1.165, 1.54) is 16.0 Å². The van der Waals surface area contributed by atoms with Crippen LogP contribution in [0.3, 0.4) is 0 Å². The molecule has 1 N–H and O–H groups in total. The van der Waals surface area contributed by atoms with Crippen LogP contribution in [0.4, 0.5) is 8.78 Å². The average Bonchev–Trinajstić information content (AvgIpc) is 2.61. The monoisotopic (exact) mass is 359 g/mol. The smallest absolute Gasteiger partial charge is 0.254 e. The van der Waals surface area contributed by atoms with Crippen molar-refractivity contribution in [1.29, 1.82) is 0 Å². The second kappa shape index (κ2) is 7.96. The Bertz CT molecular complexity index is 746. The van der Waals surface area contributed by atoms with Gasteiger partial charge in [-0.25, -0.2) is 8.78 Å². The maximum absolute atomic E-state index is 13.3. The molecule has 2 aromatic rings. The lowest BCUT2D eigenvalue weighted by atomic mass is 10.0. The first-order valence-corrected chi connectivity index (χ1v) is 9.10. The largest absolute Gasteiger partial charge is 0.328 e. The van der Waals surface area contributed by atoms with Gasteiger partial charge in [0, 0.05) is 17.2 Å². The summed E-state index contributed by atoms with van der Waals surface area (Å²) in [6, 6.07) is 11.7. The predicted octanol–water partition coefficient (Wildman–Crippen LogP) is 2.63. The zero-order valence-corrected chi connectivity index (χ0v) is 15.3. The number of quaternary nitrogens is 1. The number of hydrogen-bond donors (Lipinski definition) is 1. The van der Waals surface area contributed by atoms with E-state index >= 15 is 0 Å². The highest BCUT2D eigenvalue weighted by molar-refractivity contribution is 5.94. The van der Waals surface area contributed by atoms with E-state index < -0.39 is 11.6 Å². The molecular weight excluding hydrogens is 334 g/mol. The highest BCUT2D eigenvalue weighted by Crippen LogP contribution is 2.14. The Morgan fingerprint density at radius 1 is 1.04 bits per heavy atom. The summed E-state index contributed by atoms with van der Waals surface area (Å²) < 4.78 is 26.6. The van der Waals surface area contributed by atoms with Crippen LogP contribution in [0.15, 0.2) is 42.5 Å². The summed E-state index contributed by atoms with van der Waals surface area (Å²) in [5, 5.41) is 0. The number of halogens is 2. The van der Waals surface area contributed by atoms with Gasteiger partial charge in [-0.05, 0) is 23.6 Å². The van der Waals surface area contributed by atoms with Gasteiger partial charge in [-0.3, -0.25) is 4.79 Å². The van der Waals surface area contributed by atoms with Crippen LogP contribution in [0, 0.1) is 11.6 Å². The molecule has 1 saturated heterocycles. The molecule has 0 unspecified atom stereocenters. The van der Waals surface area contributed by atoms with Crippen molar-refractivity contribution in [3.63, 3.8) is 0 Å². The zero-order valence-electron chi connectivity index (χ0n) is 15.3. The summed E-state index contributed by atoms with van der Waals surface area (Å²) in [7, 11) is 0. The number of amides is 1. The first-order chi connectivity index (χ1) is 12.4. The Balaban J connectivity index is 1.56. The molecule has 1 heterocycles. The van der Waals surface area contributed by atoms with Gasteiger partial charge >= 0.3 is 0 Å². The van der Waals surface area contributed by atoms with Crippen molar-refractivity contribution in [2.75, 3.05) is 26.2 Å². The van der Waals surface area contributed by atoms with Gasteiger partial charge in [-0.15, -0.1) is 0 Å². The number of carbonyl (C=O) groups is 1. The van der Waals surface area contributed by atoms with Crippen molar-refractivity contribution in [1.82, 2.24) is 4.90 Å². The van der Waals surface area contributed by atoms with E-state index in [9.17, 15) is 13.6 Å². The van der Waals surface area contributed by atoms with Crippen molar-refractivity contribution >= 4 is 5.91 Å². The third-order valence-corrected chi connectivity index (χ3v) is 4.97. The van der Waals surface area contributed by atoms with Gasteiger partial charge in [-0.1, -0.05) is 38.1 Å². The predicted molar refractivity (Wildman–Crippen MR) is 97.2 cm³/mol. The maximum atomic E-state index is 13.3. The molecular formula is C21H25F2N2O+. The van der Waals surface area contributed by atoms with Crippen LogP contribution >= 0.6 is 0 Å². The second-order valence-corrected chi connectivity index (χ2v) is 7.27. The quantitative estimate of drug-likeness (QED) is 0.892. The molecule has 0 bridgehead atoms. The lowest BCUT2D eigenvalue weighted by Gasteiger charge is -2.32. The fraction of sp³-hybridized carbons (Fsp3) is 0.381. The van der Waals surface area contributed by atoms with Crippen molar-refractivity contribution in [2.45, 2.75) is 26.3 Å². The summed E-state index contributed by atoms with van der Waals surface area (Å²) in [6.45, 7) is 8.13. The minimum absolute atomic E-state index is 0.0789. The van der Waals surface area contributed by atoms with Crippen molar-refractivity contribution in [3.05, 3.63) is 70.8 Å². The van der Waals surface area contributed by atoms with Crippen molar-refractivity contribution < 1.29 is 18.5 Å². The number of nitrogens with zero attached hydrogens (tertiary/aromatic N) is 1. The molecule has 1 fully saturated rings. The van der Waals surface area contributed by atoms with E-state index in [0.717, 1.165) is 37.8 Å². The van der Waals surface area contributed by atoms with Crippen LogP contribution in [-0.2, 0) is 6.54 Å². The molecule has 2 aromatic carbocycles. The van der Waals surface area contributed by atoms with Gasteiger partial charge in [-0.2, -0.15) is 0 Å². The topological polar surface area (TPSA) is 24.8 Å². The standard InChI is InChI=1S/C21H24F2N2O/c1-15(2)17-5-3-16(4-6-17)14-24-7-9-25(10-8-24)21(26)18-11-19(22)13-20(23)12-18/h3-6,11-13,15H,7-10,14H2,1-2H3/p+1. The number of benzene rings is 2. The van der Waals surface area contributed by atoms with Gasteiger partial charge in [0.25, 0.3) is 5.91 Å². The molecule has 5 heteroatoms. The van der Waals surface area contributed by atoms with Crippen LogP contribution in [0.25, 0.3) is 0 Å². The van der Waals surface area contributed by atoms with Crippen LogP contribution < -0.4 is 4.90 Å². The fourth-order valence-corrected chi connectivity index (χ4v) is 3.37. The van der Waals surface area contributed by atoms with Gasteiger partial charge in [0.2, 0.25) is 0 Å². The van der Waals surface area contributed by atoms with Crippen molar-refractivity contribution in [2.24, 2.45) is 0 Å². The Morgan fingerprint density at radius 2 is 1.62 bits per heavy atom. The second-order valence-electron chi connectivity index (χ2n) is 7.27. The molecule has 138 valence electrons. The summed E-state index contributed by atoms with van der Waals surface area (Å²) in [4.78, 5) is 15.5. The Kier molecular flexibility index (Phi) is 5.67. The lowest BCUT2D eigenvalue weighted by molar-refractivity contribution is -0.917. The molecule has 0 saturated carbocycles. The first kappa shape index (κ1) is 18.5. The number of hydrogen-bond acceptors (Lipinski definition) is 1. The van der Waals surface area contributed by atoms with E-state index in [2.05, 4.69) is 38.1 Å². The van der Waals surface area contributed by atoms with Crippen LogP contribution in [0.5, 0.6) is 0 Å². The van der Waals surface area contributed by atoms with Gasteiger partial charge in [0.05, 0.1) is 26.2 Å². The highest BCUT2D eigenvalue weighted by atomic mass is 19.1. The van der Waals surface area contributed by atoms with Crippen LogP contribution in [0.2, 0.25) is 0 Å².